The first-order chi connectivity index (χ1) is 16.3. The predicted octanol–water partition coefficient (Wildman–Crippen LogP) is 6.87. The lowest BCUT2D eigenvalue weighted by Gasteiger charge is -2.33. The largest absolute Gasteiger partial charge is 0.496 e. The Morgan fingerprint density at radius 1 is 1.06 bits per heavy atom. The Hall–Kier alpha value is -3.86. The first-order valence-corrected chi connectivity index (χ1v) is 11.1. The maximum absolute atomic E-state index is 13.9. The molecule has 0 bridgehead atoms. The minimum atomic E-state index is -0.441. The van der Waals surface area contributed by atoms with Crippen LogP contribution in [0.3, 0.4) is 0 Å². The van der Waals surface area contributed by atoms with Crippen LogP contribution < -0.4 is 10.1 Å². The molecule has 0 amide bonds. The molecule has 0 radical (unpaired) electrons. The van der Waals surface area contributed by atoms with Gasteiger partial charge < -0.3 is 14.8 Å². The lowest BCUT2D eigenvalue weighted by Crippen LogP contribution is -2.32. The third-order valence-corrected chi connectivity index (χ3v) is 5.77. The molecule has 1 N–H and O–H groups in total. The van der Waals surface area contributed by atoms with E-state index in [1.165, 1.54) is 25.3 Å². The van der Waals surface area contributed by atoms with Gasteiger partial charge in [-0.1, -0.05) is 42.5 Å². The topological polar surface area (TPSA) is 47.6 Å². The fourth-order valence-electron chi connectivity index (χ4n) is 4.41. The molecule has 0 atom stereocenters. The highest BCUT2D eigenvalue weighted by molar-refractivity contribution is 5.90. The number of nitrogens with one attached hydrogen (secondary N) is 1. The molecular formula is C29H28FNO3. The van der Waals surface area contributed by atoms with Crippen molar-refractivity contribution in [1.82, 2.24) is 0 Å². The van der Waals surface area contributed by atoms with Crippen LogP contribution in [-0.4, -0.2) is 18.6 Å². The maximum Gasteiger partial charge on any atom is 0.331 e. The number of allylic oxidation sites excluding steroid dienone is 1. The van der Waals surface area contributed by atoms with E-state index in [0.29, 0.717) is 5.75 Å². The highest BCUT2D eigenvalue weighted by atomic mass is 19.1. The summed E-state index contributed by atoms with van der Waals surface area (Å²) in [7, 11) is 1.51. The fraction of sp³-hybridized carbons (Fsp3) is 0.207. The van der Waals surface area contributed by atoms with Crippen LogP contribution in [0.5, 0.6) is 5.75 Å². The number of fused-ring (bicyclic) bond motifs is 1. The maximum atomic E-state index is 13.9. The average Bonchev–Trinajstić information content (AvgIpc) is 2.81. The molecule has 3 aromatic rings. The van der Waals surface area contributed by atoms with Crippen LogP contribution in [-0.2, 0) is 16.1 Å². The van der Waals surface area contributed by atoms with E-state index >= 15 is 0 Å². The van der Waals surface area contributed by atoms with Gasteiger partial charge >= 0.3 is 5.97 Å². The third kappa shape index (κ3) is 5.04. The number of ether oxygens (including phenoxy) is 2. The first kappa shape index (κ1) is 23.3. The van der Waals surface area contributed by atoms with Crippen LogP contribution in [0.1, 0.15) is 37.5 Å². The van der Waals surface area contributed by atoms with Gasteiger partial charge in [-0.25, -0.2) is 9.18 Å². The molecule has 34 heavy (non-hydrogen) atoms. The van der Waals surface area contributed by atoms with Crippen LogP contribution in [0, 0.1) is 5.82 Å². The van der Waals surface area contributed by atoms with Crippen LogP contribution in [0.4, 0.5) is 10.1 Å². The number of halogens is 1. The molecule has 1 aliphatic heterocycles. The highest BCUT2D eigenvalue weighted by Crippen LogP contribution is 2.42. The van der Waals surface area contributed by atoms with Crippen molar-refractivity contribution in [3.8, 4) is 16.9 Å². The van der Waals surface area contributed by atoms with Crippen molar-refractivity contribution in [1.29, 1.82) is 0 Å². The zero-order valence-electron chi connectivity index (χ0n) is 19.8. The third-order valence-electron chi connectivity index (χ3n) is 5.77. The van der Waals surface area contributed by atoms with E-state index in [2.05, 4.69) is 25.2 Å². The molecule has 1 heterocycles. The molecule has 0 saturated heterocycles. The minimum Gasteiger partial charge on any atom is -0.496 e. The predicted molar refractivity (Wildman–Crippen MR) is 135 cm³/mol. The summed E-state index contributed by atoms with van der Waals surface area (Å²) in [4.78, 5) is 12.5. The van der Waals surface area contributed by atoms with Crippen molar-refractivity contribution in [2.75, 3.05) is 12.4 Å². The lowest BCUT2D eigenvalue weighted by atomic mass is 9.85. The van der Waals surface area contributed by atoms with Gasteiger partial charge in [0, 0.05) is 34.5 Å². The van der Waals surface area contributed by atoms with Crippen molar-refractivity contribution >= 4 is 23.3 Å². The van der Waals surface area contributed by atoms with Crippen LogP contribution in [0.15, 0.2) is 72.8 Å². The summed E-state index contributed by atoms with van der Waals surface area (Å²) in [5, 5.41) is 3.54. The summed E-state index contributed by atoms with van der Waals surface area (Å²) in [6, 6.07) is 18.0. The molecular weight excluding hydrogens is 429 g/mol. The van der Waals surface area contributed by atoms with E-state index < -0.39 is 5.97 Å². The second-order valence-electron chi connectivity index (χ2n) is 8.88. The fourth-order valence-corrected chi connectivity index (χ4v) is 4.41. The Kier molecular flexibility index (Phi) is 6.55. The van der Waals surface area contributed by atoms with Crippen molar-refractivity contribution in [2.24, 2.45) is 0 Å². The van der Waals surface area contributed by atoms with Crippen LogP contribution >= 0.6 is 0 Å². The van der Waals surface area contributed by atoms with Crippen molar-refractivity contribution < 1.29 is 18.7 Å². The number of carbonyl (C=O) groups is 1. The molecule has 0 saturated carbocycles. The molecule has 3 aromatic carbocycles. The Morgan fingerprint density at radius 2 is 1.79 bits per heavy atom. The SMILES string of the molecule is COc1cc(F)ccc1-c1ccc2c(c1COC(=O)C=Cc1ccccc1)C(C)=CC(C)(C)N2. The van der Waals surface area contributed by atoms with Gasteiger partial charge in [-0.3, -0.25) is 0 Å². The van der Waals surface area contributed by atoms with Crippen molar-refractivity contribution in [3.63, 3.8) is 0 Å². The Labute approximate surface area is 199 Å². The van der Waals surface area contributed by atoms with Crippen LogP contribution in [0.2, 0.25) is 0 Å². The van der Waals surface area contributed by atoms with E-state index in [-0.39, 0.29) is 18.0 Å². The number of esters is 1. The summed E-state index contributed by atoms with van der Waals surface area (Å²) in [5.74, 6) is -0.400. The highest BCUT2D eigenvalue weighted by Gasteiger charge is 2.27. The average molecular weight is 458 g/mol. The standard InChI is InChI=1S/C29H28FNO3/c1-19-17-29(2,3)31-25-14-13-22(23-12-11-21(30)16-26(23)33-4)24(28(19)25)18-34-27(32)15-10-20-8-6-5-7-9-20/h5-17,31H,18H2,1-4H3. The van der Waals surface area contributed by atoms with Gasteiger partial charge in [0.25, 0.3) is 0 Å². The van der Waals surface area contributed by atoms with Gasteiger partial charge in [0.15, 0.2) is 0 Å². The molecule has 4 rings (SSSR count). The Balaban J connectivity index is 1.73. The number of hydrogen-bond donors (Lipinski definition) is 1. The Morgan fingerprint density at radius 3 is 2.53 bits per heavy atom. The van der Waals surface area contributed by atoms with Gasteiger partial charge in [0.1, 0.15) is 18.2 Å². The second kappa shape index (κ2) is 9.56. The number of anilines is 1. The molecule has 0 aliphatic carbocycles. The lowest BCUT2D eigenvalue weighted by molar-refractivity contribution is -0.138. The molecule has 0 fully saturated rings. The zero-order valence-corrected chi connectivity index (χ0v) is 19.8. The smallest absolute Gasteiger partial charge is 0.331 e. The molecule has 0 aromatic heterocycles. The van der Waals surface area contributed by atoms with Gasteiger partial charge in [-0.05, 0) is 61.7 Å². The van der Waals surface area contributed by atoms with Crippen LogP contribution in [0.25, 0.3) is 22.8 Å². The van der Waals surface area contributed by atoms with Crippen molar-refractivity contribution in [2.45, 2.75) is 32.9 Å². The minimum absolute atomic E-state index is 0.0598. The summed E-state index contributed by atoms with van der Waals surface area (Å²) < 4.78 is 25.0. The van der Waals surface area contributed by atoms with E-state index in [9.17, 15) is 9.18 Å². The number of methoxy groups -OCH3 is 1. The summed E-state index contributed by atoms with van der Waals surface area (Å²) in [6.45, 7) is 6.31. The number of carbonyl (C=O) groups excluding carboxylic acids is 1. The number of rotatable bonds is 6. The number of benzene rings is 3. The van der Waals surface area contributed by atoms with E-state index in [1.807, 2.05) is 49.4 Å². The Bertz CT molecular complexity index is 1280. The molecule has 4 nitrogen and oxygen atoms in total. The van der Waals surface area contributed by atoms with Gasteiger partial charge in [0.2, 0.25) is 0 Å². The quantitative estimate of drug-likeness (QED) is 0.324. The summed E-state index contributed by atoms with van der Waals surface area (Å²) in [5.41, 5.74) is 6.11. The molecule has 0 spiro atoms. The zero-order chi connectivity index (χ0) is 24.3. The molecule has 174 valence electrons. The summed E-state index contributed by atoms with van der Waals surface area (Å²) >= 11 is 0. The van der Waals surface area contributed by atoms with E-state index in [0.717, 1.165) is 39.1 Å². The molecule has 1 aliphatic rings. The van der Waals surface area contributed by atoms with Gasteiger partial charge in [-0.2, -0.15) is 0 Å². The molecule has 5 heteroatoms. The van der Waals surface area contributed by atoms with E-state index in [4.69, 9.17) is 9.47 Å². The van der Waals surface area contributed by atoms with E-state index in [1.54, 1.807) is 12.1 Å². The second-order valence-corrected chi connectivity index (χ2v) is 8.88. The first-order valence-electron chi connectivity index (χ1n) is 11.1. The molecule has 0 unspecified atom stereocenters. The van der Waals surface area contributed by atoms with Gasteiger partial charge in [0.05, 0.1) is 12.6 Å². The van der Waals surface area contributed by atoms with Crippen molar-refractivity contribution in [3.05, 3.63) is 95.3 Å². The normalized spacial score (nSPS) is 14.2. The number of hydrogen-bond acceptors (Lipinski definition) is 4. The van der Waals surface area contributed by atoms with Gasteiger partial charge in [-0.15, -0.1) is 0 Å². The summed E-state index contributed by atoms with van der Waals surface area (Å²) in [6.07, 6.45) is 5.30. The monoisotopic (exact) mass is 457 g/mol.